The second kappa shape index (κ2) is 6.45. The number of carbonyl (C=O) groups is 2. The van der Waals surface area contributed by atoms with Crippen LogP contribution in [0.15, 0.2) is 59.8 Å². The van der Waals surface area contributed by atoms with Crippen LogP contribution in [0.25, 0.3) is 0 Å². The van der Waals surface area contributed by atoms with Crippen LogP contribution in [0.1, 0.15) is 43.4 Å². The number of hydrogen-bond donors (Lipinski definition) is 1. The zero-order chi connectivity index (χ0) is 18.3. The van der Waals surface area contributed by atoms with Crippen molar-refractivity contribution < 1.29 is 9.59 Å². The van der Waals surface area contributed by atoms with Crippen LogP contribution in [0.3, 0.4) is 0 Å². The van der Waals surface area contributed by atoms with Crippen molar-refractivity contribution in [3.8, 4) is 0 Å². The third-order valence-electron chi connectivity index (χ3n) is 5.17. The maximum atomic E-state index is 12.9. The molecule has 26 heavy (non-hydrogen) atoms. The normalized spacial score (nSPS) is 19.4. The first-order valence-corrected chi connectivity index (χ1v) is 9.05. The maximum Gasteiger partial charge on any atom is 0.224 e. The minimum Gasteiger partial charge on any atom is -0.357 e. The highest BCUT2D eigenvalue weighted by Crippen LogP contribution is 2.44. The van der Waals surface area contributed by atoms with Gasteiger partial charge in [-0.15, -0.1) is 0 Å². The summed E-state index contributed by atoms with van der Waals surface area (Å²) in [6.45, 7) is 3.60. The molecule has 1 N–H and O–H groups in total. The van der Waals surface area contributed by atoms with Crippen LogP contribution in [0, 0.1) is 6.92 Å². The van der Waals surface area contributed by atoms with E-state index in [0.717, 1.165) is 46.6 Å². The number of aryl methyl sites for hydroxylation is 1. The van der Waals surface area contributed by atoms with Gasteiger partial charge in [-0.05, 0) is 37.5 Å². The highest BCUT2D eigenvalue weighted by molar-refractivity contribution is 6.05. The number of anilines is 2. The van der Waals surface area contributed by atoms with Crippen molar-refractivity contribution in [2.24, 2.45) is 0 Å². The molecule has 1 aliphatic heterocycles. The zero-order valence-electron chi connectivity index (χ0n) is 15.1. The summed E-state index contributed by atoms with van der Waals surface area (Å²) in [5, 5.41) is 3.45. The number of benzene rings is 2. The number of fused-ring (bicyclic) bond motifs is 1. The lowest BCUT2D eigenvalue weighted by atomic mass is 9.85. The number of Topliss-reactive ketones (excluding diaryl/α,β-unsaturated/α-hetero) is 1. The molecule has 2 aromatic rings. The molecule has 1 amide bonds. The first-order chi connectivity index (χ1) is 12.6. The van der Waals surface area contributed by atoms with Crippen molar-refractivity contribution in [3.05, 3.63) is 70.9 Å². The van der Waals surface area contributed by atoms with E-state index in [0.29, 0.717) is 6.42 Å². The number of allylic oxidation sites excluding steroid dienone is 1. The molecular formula is C22H22N2O2. The van der Waals surface area contributed by atoms with Gasteiger partial charge in [0.05, 0.1) is 17.4 Å². The molecule has 4 heteroatoms. The van der Waals surface area contributed by atoms with E-state index < -0.39 is 6.04 Å². The van der Waals surface area contributed by atoms with Crippen LogP contribution < -0.4 is 10.2 Å². The molecule has 0 aromatic heterocycles. The second-order valence-electron chi connectivity index (χ2n) is 7.01. The Labute approximate surface area is 153 Å². The fraction of sp³-hybridized carbons (Fsp3) is 0.273. The van der Waals surface area contributed by atoms with Crippen LogP contribution in [0.4, 0.5) is 11.4 Å². The van der Waals surface area contributed by atoms with Crippen LogP contribution in [-0.4, -0.2) is 11.7 Å². The fourth-order valence-electron chi connectivity index (χ4n) is 3.95. The monoisotopic (exact) mass is 346 g/mol. The molecule has 132 valence electrons. The highest BCUT2D eigenvalue weighted by atomic mass is 16.2. The quantitative estimate of drug-likeness (QED) is 0.826. The van der Waals surface area contributed by atoms with Gasteiger partial charge in [-0.2, -0.15) is 0 Å². The van der Waals surface area contributed by atoms with Crippen molar-refractivity contribution in [2.75, 3.05) is 10.2 Å². The second-order valence-corrected chi connectivity index (χ2v) is 7.01. The van der Waals surface area contributed by atoms with Crippen LogP contribution in [-0.2, 0) is 9.59 Å². The van der Waals surface area contributed by atoms with Crippen molar-refractivity contribution in [2.45, 2.75) is 39.2 Å². The molecule has 2 aromatic carbocycles. The predicted molar refractivity (Wildman–Crippen MR) is 103 cm³/mol. The molecule has 0 spiro atoms. The number of para-hydroxylation sites is 2. The van der Waals surface area contributed by atoms with Crippen molar-refractivity contribution in [3.63, 3.8) is 0 Å². The average Bonchev–Trinajstić information content (AvgIpc) is 2.77. The Kier molecular flexibility index (Phi) is 4.11. The largest absolute Gasteiger partial charge is 0.357 e. The SMILES string of the molecule is CC(=O)N1c2ccccc2NC2=C(C(=O)CCC2)C1c1ccc(C)cc1. The zero-order valence-corrected chi connectivity index (χ0v) is 15.1. The number of rotatable bonds is 1. The Balaban J connectivity index is 1.99. The molecule has 4 rings (SSSR count). The van der Waals surface area contributed by atoms with Crippen LogP contribution in [0.5, 0.6) is 0 Å². The minimum absolute atomic E-state index is 0.0723. The Morgan fingerprint density at radius 1 is 1.08 bits per heavy atom. The molecule has 2 aliphatic rings. The molecule has 0 fully saturated rings. The van der Waals surface area contributed by atoms with Gasteiger partial charge >= 0.3 is 0 Å². The smallest absolute Gasteiger partial charge is 0.224 e. The molecule has 0 bridgehead atoms. The van der Waals surface area contributed by atoms with Gasteiger partial charge in [0.25, 0.3) is 0 Å². The molecule has 1 atom stereocenters. The third kappa shape index (κ3) is 2.71. The van der Waals surface area contributed by atoms with E-state index in [-0.39, 0.29) is 11.7 Å². The number of ketones is 1. The Morgan fingerprint density at radius 2 is 1.81 bits per heavy atom. The summed E-state index contributed by atoms with van der Waals surface area (Å²) < 4.78 is 0. The molecule has 0 saturated carbocycles. The Hall–Kier alpha value is -2.88. The molecule has 1 unspecified atom stereocenters. The Bertz CT molecular complexity index is 912. The number of nitrogens with one attached hydrogen (secondary N) is 1. The molecule has 0 saturated heterocycles. The van der Waals surface area contributed by atoms with Gasteiger partial charge in [0.2, 0.25) is 5.91 Å². The lowest BCUT2D eigenvalue weighted by molar-refractivity contribution is -0.117. The predicted octanol–water partition coefficient (Wildman–Crippen LogP) is 4.52. The minimum atomic E-state index is -0.396. The molecule has 1 aliphatic carbocycles. The van der Waals surface area contributed by atoms with E-state index in [1.165, 1.54) is 0 Å². The maximum absolute atomic E-state index is 12.9. The lowest BCUT2D eigenvalue weighted by Crippen LogP contribution is -2.36. The summed E-state index contributed by atoms with van der Waals surface area (Å²) >= 11 is 0. The summed E-state index contributed by atoms with van der Waals surface area (Å²) in [5.41, 5.74) is 5.48. The average molecular weight is 346 g/mol. The van der Waals surface area contributed by atoms with E-state index in [2.05, 4.69) is 5.32 Å². The van der Waals surface area contributed by atoms with Crippen molar-refractivity contribution in [1.29, 1.82) is 0 Å². The number of hydrogen-bond acceptors (Lipinski definition) is 3. The number of nitrogens with zero attached hydrogens (tertiary/aromatic N) is 1. The van der Waals surface area contributed by atoms with Gasteiger partial charge in [0, 0.05) is 24.6 Å². The molecule has 4 nitrogen and oxygen atoms in total. The van der Waals surface area contributed by atoms with Gasteiger partial charge < -0.3 is 5.32 Å². The first-order valence-electron chi connectivity index (χ1n) is 9.05. The molecular weight excluding hydrogens is 324 g/mol. The van der Waals surface area contributed by atoms with Gasteiger partial charge in [0.1, 0.15) is 0 Å². The first kappa shape index (κ1) is 16.6. The van der Waals surface area contributed by atoms with Gasteiger partial charge in [0.15, 0.2) is 5.78 Å². The van der Waals surface area contributed by atoms with E-state index in [1.807, 2.05) is 55.5 Å². The number of amides is 1. The number of carbonyl (C=O) groups excluding carboxylic acids is 2. The standard InChI is InChI=1S/C22H22N2O2/c1-14-10-12-16(13-11-14)22-21-18(7-5-9-20(21)26)23-17-6-3-4-8-19(17)24(22)15(2)25/h3-4,6,8,10-13,22-23H,5,7,9H2,1-2H3. The van der Waals surface area contributed by atoms with E-state index in [1.54, 1.807) is 11.8 Å². The fourth-order valence-corrected chi connectivity index (χ4v) is 3.95. The van der Waals surface area contributed by atoms with E-state index in [9.17, 15) is 9.59 Å². The van der Waals surface area contributed by atoms with Crippen molar-refractivity contribution >= 4 is 23.1 Å². The summed E-state index contributed by atoms with van der Waals surface area (Å²) in [4.78, 5) is 27.4. The van der Waals surface area contributed by atoms with Gasteiger partial charge in [-0.3, -0.25) is 14.5 Å². The Morgan fingerprint density at radius 3 is 2.54 bits per heavy atom. The lowest BCUT2D eigenvalue weighted by Gasteiger charge is -2.33. The summed E-state index contributed by atoms with van der Waals surface area (Å²) in [5.74, 6) is 0.0559. The van der Waals surface area contributed by atoms with Crippen LogP contribution >= 0.6 is 0 Å². The van der Waals surface area contributed by atoms with Gasteiger partial charge in [-0.25, -0.2) is 0 Å². The molecule has 1 heterocycles. The van der Waals surface area contributed by atoms with E-state index in [4.69, 9.17) is 0 Å². The summed E-state index contributed by atoms with van der Waals surface area (Å²) in [6, 6.07) is 15.5. The topological polar surface area (TPSA) is 49.4 Å². The van der Waals surface area contributed by atoms with Crippen LogP contribution in [0.2, 0.25) is 0 Å². The van der Waals surface area contributed by atoms with Crippen molar-refractivity contribution in [1.82, 2.24) is 0 Å². The summed E-state index contributed by atoms with van der Waals surface area (Å²) in [7, 11) is 0. The van der Waals surface area contributed by atoms with E-state index >= 15 is 0 Å². The highest BCUT2D eigenvalue weighted by Gasteiger charge is 2.38. The third-order valence-corrected chi connectivity index (χ3v) is 5.17. The molecule has 0 radical (unpaired) electrons. The van der Waals surface area contributed by atoms with Gasteiger partial charge in [-0.1, -0.05) is 42.0 Å². The summed E-state index contributed by atoms with van der Waals surface area (Å²) in [6.07, 6.45) is 2.20.